The Labute approximate surface area is 298 Å². The first-order chi connectivity index (χ1) is 23.7. The Hall–Kier alpha value is -3.50. The van der Waals surface area contributed by atoms with E-state index in [9.17, 15) is 24.3 Å². The summed E-state index contributed by atoms with van der Waals surface area (Å²) < 4.78 is 12.9. The van der Waals surface area contributed by atoms with E-state index < -0.39 is 47.2 Å². The summed E-state index contributed by atoms with van der Waals surface area (Å²) in [6, 6.07) is 8.34. The highest BCUT2D eigenvalue weighted by molar-refractivity contribution is 5.98. The van der Waals surface area contributed by atoms with Crippen molar-refractivity contribution in [1.82, 2.24) is 15.1 Å². The third kappa shape index (κ3) is 8.68. The van der Waals surface area contributed by atoms with Crippen LogP contribution in [0.15, 0.2) is 55.6 Å². The summed E-state index contributed by atoms with van der Waals surface area (Å²) in [5.74, 6) is -2.93. The van der Waals surface area contributed by atoms with Crippen molar-refractivity contribution in [3.05, 3.63) is 61.2 Å². The molecule has 1 spiro atoms. The molecule has 0 saturated carbocycles. The van der Waals surface area contributed by atoms with E-state index in [4.69, 9.17) is 9.47 Å². The molecule has 0 unspecified atom stereocenters. The summed E-state index contributed by atoms with van der Waals surface area (Å²) in [6.07, 6.45) is 7.54. The van der Waals surface area contributed by atoms with Crippen LogP contribution in [0.1, 0.15) is 104 Å². The molecule has 2 N–H and O–H groups in total. The highest BCUT2D eigenvalue weighted by atomic mass is 16.6. The van der Waals surface area contributed by atoms with Gasteiger partial charge in [0.05, 0.1) is 24.5 Å². The molecule has 3 amide bonds. The van der Waals surface area contributed by atoms with Gasteiger partial charge in [-0.3, -0.25) is 19.2 Å². The molecule has 10 nitrogen and oxygen atoms in total. The minimum absolute atomic E-state index is 0.0699. The molecular weight excluding hydrogens is 634 g/mol. The summed E-state index contributed by atoms with van der Waals surface area (Å²) in [5.41, 5.74) is -1.06. The first-order valence-corrected chi connectivity index (χ1v) is 18.4. The smallest absolute Gasteiger partial charge is 0.313 e. The van der Waals surface area contributed by atoms with Crippen molar-refractivity contribution in [3.8, 4) is 0 Å². The quantitative estimate of drug-likeness (QED) is 0.111. The molecule has 0 radical (unpaired) electrons. The lowest BCUT2D eigenvalue weighted by molar-refractivity contribution is -0.160. The number of nitrogens with one attached hydrogen (secondary N) is 1. The standard InChI is InChI=1S/C40H59N3O7/c1-8-10-20-31(45)41-26-30(28-18-14-13-15-19-28)49-37(48)32-29-21-22-40(50-29)33(32)35(46)42(24-16-11-12-17-25-44)34(40)36(47)43(23-9-2)39(6,7)27-38(3,4)5/h8-9,13-15,18-19,29-30,32-34,44H,1-2,10-12,16-17,20-27H2,3-7H3,(H,41,45)/t29-,30+,32+,33+,34-,40+/m1/s1. The predicted molar refractivity (Wildman–Crippen MR) is 193 cm³/mol. The van der Waals surface area contributed by atoms with Crippen molar-refractivity contribution in [3.63, 3.8) is 0 Å². The Kier molecular flexibility index (Phi) is 13.1. The van der Waals surface area contributed by atoms with Crippen molar-refractivity contribution in [2.75, 3.05) is 26.2 Å². The number of nitrogens with zero attached hydrogens (tertiary/aromatic N) is 2. The van der Waals surface area contributed by atoms with Crippen molar-refractivity contribution in [2.45, 2.75) is 122 Å². The number of ether oxygens (including phenoxy) is 2. The molecular formula is C40H59N3O7. The Bertz CT molecular complexity index is 1370. The fraction of sp³-hybridized carbons (Fsp3) is 0.650. The number of fused-ring (bicyclic) bond motifs is 1. The van der Waals surface area contributed by atoms with E-state index in [-0.39, 0.29) is 42.7 Å². The molecule has 1 aromatic carbocycles. The molecule has 0 aromatic heterocycles. The summed E-state index contributed by atoms with van der Waals surface area (Å²) in [4.78, 5) is 59.8. The zero-order valence-corrected chi connectivity index (χ0v) is 30.8. The molecule has 10 heteroatoms. The zero-order chi connectivity index (χ0) is 36.7. The number of carbonyl (C=O) groups is 4. The lowest BCUT2D eigenvalue weighted by atomic mass is 9.70. The predicted octanol–water partition coefficient (Wildman–Crippen LogP) is 5.51. The molecule has 3 saturated heterocycles. The van der Waals surface area contributed by atoms with Gasteiger partial charge in [0.1, 0.15) is 17.7 Å². The van der Waals surface area contributed by atoms with Crippen LogP contribution in [-0.2, 0) is 28.7 Å². The third-order valence-electron chi connectivity index (χ3n) is 10.4. The van der Waals surface area contributed by atoms with E-state index in [0.717, 1.165) is 24.8 Å². The molecule has 276 valence electrons. The number of hydrogen-bond acceptors (Lipinski definition) is 7. The minimum Gasteiger partial charge on any atom is -0.455 e. The van der Waals surface area contributed by atoms with Gasteiger partial charge in [0.2, 0.25) is 17.7 Å². The van der Waals surface area contributed by atoms with Gasteiger partial charge in [0.25, 0.3) is 0 Å². The van der Waals surface area contributed by atoms with E-state index in [1.54, 1.807) is 17.1 Å². The topological polar surface area (TPSA) is 125 Å². The van der Waals surface area contributed by atoms with Gasteiger partial charge in [0, 0.05) is 31.7 Å². The number of rotatable bonds is 19. The Morgan fingerprint density at radius 2 is 1.80 bits per heavy atom. The maximum absolute atomic E-state index is 15.0. The van der Waals surface area contributed by atoms with E-state index >= 15 is 0 Å². The largest absolute Gasteiger partial charge is 0.455 e. The fourth-order valence-corrected chi connectivity index (χ4v) is 8.64. The second-order valence-electron chi connectivity index (χ2n) is 16.0. The minimum atomic E-state index is -1.16. The Morgan fingerprint density at radius 3 is 2.44 bits per heavy atom. The SMILES string of the molecule is C=CCCC(=O)NC[C@H](OC(=O)[C@@H]1[C@H]2C(=O)N(CCCCCCO)[C@H](C(=O)N(CC=C)C(C)(C)CC(C)(C)C)[C@]23CC[C@H]1O3)c1ccccc1. The molecule has 3 fully saturated rings. The van der Waals surface area contributed by atoms with Gasteiger partial charge in [-0.2, -0.15) is 0 Å². The summed E-state index contributed by atoms with van der Waals surface area (Å²) in [5, 5.41) is 12.2. The number of aliphatic hydroxyl groups excluding tert-OH is 1. The van der Waals surface area contributed by atoms with Gasteiger partial charge in [-0.15, -0.1) is 13.2 Å². The molecule has 3 aliphatic rings. The number of hydrogen-bond donors (Lipinski definition) is 2. The first-order valence-electron chi connectivity index (χ1n) is 18.4. The molecule has 1 aromatic rings. The van der Waals surface area contributed by atoms with Crippen LogP contribution in [-0.4, -0.2) is 88.1 Å². The maximum atomic E-state index is 15.0. The number of amides is 3. The summed E-state index contributed by atoms with van der Waals surface area (Å²) in [6.45, 7) is 19.0. The number of esters is 1. The van der Waals surface area contributed by atoms with Crippen LogP contribution in [0.3, 0.4) is 0 Å². The second kappa shape index (κ2) is 16.7. The van der Waals surface area contributed by atoms with Crippen LogP contribution in [0.5, 0.6) is 0 Å². The molecule has 3 aliphatic heterocycles. The van der Waals surface area contributed by atoms with Crippen LogP contribution >= 0.6 is 0 Å². The van der Waals surface area contributed by atoms with E-state index in [0.29, 0.717) is 45.2 Å². The highest BCUT2D eigenvalue weighted by Crippen LogP contribution is 2.59. The number of likely N-dealkylation sites (tertiary alicyclic amines) is 1. The van der Waals surface area contributed by atoms with Gasteiger partial charge in [-0.05, 0) is 63.4 Å². The molecule has 2 bridgehead atoms. The number of carbonyl (C=O) groups excluding carboxylic acids is 4. The molecule has 0 aliphatic carbocycles. The highest BCUT2D eigenvalue weighted by Gasteiger charge is 2.75. The zero-order valence-electron chi connectivity index (χ0n) is 30.8. The number of benzene rings is 1. The van der Waals surface area contributed by atoms with E-state index in [1.807, 2.05) is 35.2 Å². The van der Waals surface area contributed by atoms with Crippen LogP contribution in [0.4, 0.5) is 0 Å². The lowest BCUT2D eigenvalue weighted by Crippen LogP contribution is -2.61. The average Bonchev–Trinajstić information content (AvgIpc) is 3.70. The second-order valence-corrected chi connectivity index (χ2v) is 16.0. The summed E-state index contributed by atoms with van der Waals surface area (Å²) in [7, 11) is 0. The number of aliphatic hydroxyl groups is 1. The van der Waals surface area contributed by atoms with Crippen LogP contribution in [0.25, 0.3) is 0 Å². The molecule has 50 heavy (non-hydrogen) atoms. The van der Waals surface area contributed by atoms with Crippen molar-refractivity contribution in [2.24, 2.45) is 17.3 Å². The Morgan fingerprint density at radius 1 is 1.10 bits per heavy atom. The molecule has 3 heterocycles. The normalized spacial score (nSPS) is 24.8. The maximum Gasteiger partial charge on any atom is 0.313 e. The van der Waals surface area contributed by atoms with Crippen LogP contribution < -0.4 is 5.32 Å². The van der Waals surface area contributed by atoms with Crippen LogP contribution in [0.2, 0.25) is 0 Å². The van der Waals surface area contributed by atoms with Gasteiger partial charge in [-0.1, -0.05) is 76.1 Å². The van der Waals surface area contributed by atoms with Gasteiger partial charge < -0.3 is 29.7 Å². The van der Waals surface area contributed by atoms with Gasteiger partial charge >= 0.3 is 5.97 Å². The van der Waals surface area contributed by atoms with Crippen LogP contribution in [0, 0.1) is 17.3 Å². The fourth-order valence-electron chi connectivity index (χ4n) is 8.64. The van der Waals surface area contributed by atoms with Crippen molar-refractivity contribution in [1.29, 1.82) is 0 Å². The Balaban J connectivity index is 1.66. The first kappa shape index (κ1) is 39.3. The van der Waals surface area contributed by atoms with Gasteiger partial charge in [-0.25, -0.2) is 0 Å². The van der Waals surface area contributed by atoms with E-state index in [2.05, 4.69) is 53.1 Å². The van der Waals surface area contributed by atoms with Gasteiger partial charge in [0.15, 0.2) is 0 Å². The molecule has 4 rings (SSSR count). The summed E-state index contributed by atoms with van der Waals surface area (Å²) >= 11 is 0. The third-order valence-corrected chi connectivity index (χ3v) is 10.4. The number of unbranched alkanes of at least 4 members (excludes halogenated alkanes) is 3. The van der Waals surface area contributed by atoms with Crippen molar-refractivity contribution < 1.29 is 33.8 Å². The average molecular weight is 694 g/mol. The monoisotopic (exact) mass is 693 g/mol. The lowest BCUT2D eigenvalue weighted by Gasteiger charge is -2.45. The van der Waals surface area contributed by atoms with Crippen molar-refractivity contribution >= 4 is 23.7 Å². The number of allylic oxidation sites excluding steroid dienone is 1. The van der Waals surface area contributed by atoms with E-state index in [1.165, 1.54) is 0 Å². The molecule has 6 atom stereocenters.